The van der Waals surface area contributed by atoms with Gasteiger partial charge >= 0.3 is 0 Å². The van der Waals surface area contributed by atoms with E-state index < -0.39 is 10.0 Å². The Hall–Kier alpha value is -0.680. The number of fused-ring (bicyclic) bond motifs is 1. The van der Waals surface area contributed by atoms with Crippen LogP contribution in [0, 0.1) is 0 Å². The molecule has 1 saturated heterocycles. The molecule has 0 amide bonds. The molecule has 124 valence electrons. The molecule has 1 fully saturated rings. The lowest BCUT2D eigenvalue weighted by atomic mass is 10.1. The molecule has 1 aromatic carbocycles. The van der Waals surface area contributed by atoms with Gasteiger partial charge < -0.3 is 15.1 Å². The normalized spacial score (nSPS) is 15.9. The maximum absolute atomic E-state index is 11.3. The number of benzene rings is 1. The Morgan fingerprint density at radius 2 is 1.95 bits per heavy atom. The van der Waals surface area contributed by atoms with Gasteiger partial charge in [-0.05, 0) is 44.1 Å². The molecule has 22 heavy (non-hydrogen) atoms. The average molecular weight is 458 g/mol. The lowest BCUT2D eigenvalue weighted by Gasteiger charge is -2.22. The molecule has 3 rings (SSSR count). The standard InChI is InChI=1S/C12H16N4O3S.2BrH/c13-20(17,18)9-1-2-11-10(7-9)16-12(19-11)15-8-3-5-14-6-4-8;;/h1-2,7-8,14H,3-6H2,(H,15,16)(H2,13,17,18);2*1H. The Balaban J connectivity index is 0.00000121. The number of anilines is 1. The summed E-state index contributed by atoms with van der Waals surface area (Å²) < 4.78 is 28.2. The van der Waals surface area contributed by atoms with E-state index in [-0.39, 0.29) is 38.9 Å². The van der Waals surface area contributed by atoms with Crippen LogP contribution in [0.15, 0.2) is 27.5 Å². The Morgan fingerprint density at radius 3 is 2.59 bits per heavy atom. The molecule has 7 nitrogen and oxygen atoms in total. The van der Waals surface area contributed by atoms with Gasteiger partial charge in [0.15, 0.2) is 5.58 Å². The van der Waals surface area contributed by atoms with Crippen LogP contribution < -0.4 is 15.8 Å². The molecule has 0 saturated carbocycles. The van der Waals surface area contributed by atoms with Gasteiger partial charge in [0, 0.05) is 6.04 Å². The Labute approximate surface area is 149 Å². The number of piperidine rings is 1. The maximum Gasteiger partial charge on any atom is 0.295 e. The first-order chi connectivity index (χ1) is 9.52. The van der Waals surface area contributed by atoms with E-state index in [9.17, 15) is 8.42 Å². The van der Waals surface area contributed by atoms with Crippen molar-refractivity contribution in [3.8, 4) is 0 Å². The predicted octanol–water partition coefficient (Wildman–Crippen LogP) is 1.79. The molecule has 0 radical (unpaired) electrons. The van der Waals surface area contributed by atoms with E-state index in [0.717, 1.165) is 25.9 Å². The zero-order valence-corrected chi connectivity index (χ0v) is 15.9. The third kappa shape index (κ3) is 4.42. The van der Waals surface area contributed by atoms with Crippen molar-refractivity contribution in [2.75, 3.05) is 18.4 Å². The fraction of sp³-hybridized carbons (Fsp3) is 0.417. The van der Waals surface area contributed by atoms with Crippen LogP contribution in [0.3, 0.4) is 0 Å². The second kappa shape index (κ2) is 7.73. The summed E-state index contributed by atoms with van der Waals surface area (Å²) in [6.07, 6.45) is 2.00. The van der Waals surface area contributed by atoms with Gasteiger partial charge in [0.1, 0.15) is 5.52 Å². The van der Waals surface area contributed by atoms with Crippen molar-refractivity contribution in [2.45, 2.75) is 23.8 Å². The number of oxazole rings is 1. The van der Waals surface area contributed by atoms with Gasteiger partial charge in [-0.15, -0.1) is 34.0 Å². The molecule has 0 spiro atoms. The number of nitrogens with one attached hydrogen (secondary N) is 2. The third-order valence-electron chi connectivity index (χ3n) is 3.35. The van der Waals surface area contributed by atoms with E-state index in [1.165, 1.54) is 12.1 Å². The first-order valence-corrected chi connectivity index (χ1v) is 7.98. The van der Waals surface area contributed by atoms with Gasteiger partial charge in [-0.25, -0.2) is 13.6 Å². The highest BCUT2D eigenvalue weighted by Crippen LogP contribution is 2.23. The summed E-state index contributed by atoms with van der Waals surface area (Å²) in [5, 5.41) is 11.6. The highest BCUT2D eigenvalue weighted by molar-refractivity contribution is 8.93. The number of aromatic nitrogens is 1. The fourth-order valence-corrected chi connectivity index (χ4v) is 2.82. The van der Waals surface area contributed by atoms with Crippen molar-refractivity contribution in [1.82, 2.24) is 10.3 Å². The molecule has 2 aromatic rings. The topological polar surface area (TPSA) is 110 Å². The largest absolute Gasteiger partial charge is 0.424 e. The molecular weight excluding hydrogens is 440 g/mol. The lowest BCUT2D eigenvalue weighted by molar-refractivity contribution is 0.466. The van der Waals surface area contributed by atoms with Crippen LogP contribution in [-0.2, 0) is 10.0 Å². The van der Waals surface area contributed by atoms with Crippen molar-refractivity contribution in [1.29, 1.82) is 0 Å². The van der Waals surface area contributed by atoms with Gasteiger partial charge in [0.05, 0.1) is 4.90 Å². The van der Waals surface area contributed by atoms with Crippen LogP contribution in [-0.4, -0.2) is 32.5 Å². The van der Waals surface area contributed by atoms with Crippen molar-refractivity contribution >= 4 is 61.1 Å². The monoisotopic (exact) mass is 456 g/mol. The van der Waals surface area contributed by atoms with E-state index in [0.29, 0.717) is 23.2 Å². The zero-order valence-electron chi connectivity index (χ0n) is 11.6. The second-order valence-electron chi connectivity index (χ2n) is 4.86. The van der Waals surface area contributed by atoms with Gasteiger partial charge in [0.25, 0.3) is 6.01 Å². The molecule has 0 aliphatic carbocycles. The van der Waals surface area contributed by atoms with E-state index >= 15 is 0 Å². The number of halogens is 2. The Bertz CT molecular complexity index is 729. The number of hydrogen-bond donors (Lipinski definition) is 3. The van der Waals surface area contributed by atoms with E-state index in [2.05, 4.69) is 15.6 Å². The first-order valence-electron chi connectivity index (χ1n) is 6.43. The summed E-state index contributed by atoms with van der Waals surface area (Å²) in [7, 11) is -3.72. The summed E-state index contributed by atoms with van der Waals surface area (Å²) in [6, 6.07) is 5.13. The van der Waals surface area contributed by atoms with Crippen LogP contribution >= 0.6 is 34.0 Å². The molecule has 1 aromatic heterocycles. The van der Waals surface area contributed by atoms with Crippen LogP contribution in [0.4, 0.5) is 6.01 Å². The lowest BCUT2D eigenvalue weighted by Crippen LogP contribution is -2.35. The molecule has 0 bridgehead atoms. The van der Waals surface area contributed by atoms with Gasteiger partial charge in [0.2, 0.25) is 10.0 Å². The SMILES string of the molecule is Br.Br.NS(=O)(=O)c1ccc2oc(NC3CCNCC3)nc2c1. The first kappa shape index (κ1) is 19.4. The second-order valence-corrected chi connectivity index (χ2v) is 6.42. The molecule has 1 aliphatic rings. The van der Waals surface area contributed by atoms with Crippen molar-refractivity contribution in [3.63, 3.8) is 0 Å². The van der Waals surface area contributed by atoms with Crippen molar-refractivity contribution in [2.24, 2.45) is 5.14 Å². The number of nitrogens with zero attached hydrogens (tertiary/aromatic N) is 1. The maximum atomic E-state index is 11.3. The highest BCUT2D eigenvalue weighted by Gasteiger charge is 2.16. The summed E-state index contributed by atoms with van der Waals surface area (Å²) in [6.45, 7) is 1.93. The number of nitrogens with two attached hydrogens (primary N) is 1. The molecule has 1 aliphatic heterocycles. The minimum absolute atomic E-state index is 0. The van der Waals surface area contributed by atoms with Gasteiger partial charge in [-0.2, -0.15) is 4.98 Å². The minimum Gasteiger partial charge on any atom is -0.424 e. The minimum atomic E-state index is -3.72. The summed E-state index contributed by atoms with van der Waals surface area (Å²) in [4.78, 5) is 4.30. The smallest absolute Gasteiger partial charge is 0.295 e. The molecule has 0 atom stereocenters. The van der Waals surface area contributed by atoms with E-state index in [1.807, 2.05) is 0 Å². The van der Waals surface area contributed by atoms with Gasteiger partial charge in [-0.1, -0.05) is 0 Å². The number of sulfonamides is 1. The summed E-state index contributed by atoms with van der Waals surface area (Å²) in [5.74, 6) is 0. The van der Waals surface area contributed by atoms with Crippen LogP contribution in [0.25, 0.3) is 11.1 Å². The van der Waals surface area contributed by atoms with Crippen molar-refractivity contribution in [3.05, 3.63) is 18.2 Å². The van der Waals surface area contributed by atoms with Crippen molar-refractivity contribution < 1.29 is 12.8 Å². The number of hydrogen-bond acceptors (Lipinski definition) is 6. The van der Waals surface area contributed by atoms with E-state index in [4.69, 9.17) is 9.56 Å². The Kier molecular flexibility index (Phi) is 6.81. The fourth-order valence-electron chi connectivity index (χ4n) is 2.29. The van der Waals surface area contributed by atoms with Gasteiger partial charge in [-0.3, -0.25) is 0 Å². The van der Waals surface area contributed by atoms with Crippen LogP contribution in [0.5, 0.6) is 0 Å². The number of rotatable bonds is 3. The molecular formula is C12H18Br2N4O3S. The molecule has 2 heterocycles. The Morgan fingerprint density at radius 1 is 1.27 bits per heavy atom. The average Bonchev–Trinajstić information content (AvgIpc) is 2.80. The zero-order chi connectivity index (χ0) is 14.2. The van der Waals surface area contributed by atoms with Crippen LogP contribution in [0.1, 0.15) is 12.8 Å². The summed E-state index contributed by atoms with van der Waals surface area (Å²) in [5.41, 5.74) is 1.02. The molecule has 4 N–H and O–H groups in total. The van der Waals surface area contributed by atoms with E-state index in [1.54, 1.807) is 6.07 Å². The van der Waals surface area contributed by atoms with Crippen LogP contribution in [0.2, 0.25) is 0 Å². The quantitative estimate of drug-likeness (QED) is 0.648. The molecule has 10 heteroatoms. The highest BCUT2D eigenvalue weighted by atomic mass is 79.9. The summed E-state index contributed by atoms with van der Waals surface area (Å²) >= 11 is 0. The number of primary sulfonamides is 1. The predicted molar refractivity (Wildman–Crippen MR) is 95.5 cm³/mol. The molecule has 0 unspecified atom stereocenters. The third-order valence-corrected chi connectivity index (χ3v) is 4.27.